The number of nitrogens with one attached hydrogen (secondary N) is 1. The number of hydrogen-bond acceptors (Lipinski definition) is 3. The molecule has 18 heavy (non-hydrogen) atoms. The van der Waals surface area contributed by atoms with Gasteiger partial charge in [-0.1, -0.05) is 13.8 Å². The van der Waals surface area contributed by atoms with Gasteiger partial charge in [0.1, 0.15) is 5.54 Å². The summed E-state index contributed by atoms with van der Waals surface area (Å²) in [7, 11) is 0. The standard InChI is InChI=1S/C14H28N2O2/c1-4-8-15-14(3,13(17)18)11-16-9-5-6-12(2)7-10-16/h12,15H,4-11H2,1-3H3,(H,17,18). The number of carboxylic acid groups (broad SMARTS) is 1. The number of nitrogens with zero attached hydrogens (tertiary/aromatic N) is 1. The van der Waals surface area contributed by atoms with Gasteiger partial charge in [0.2, 0.25) is 0 Å². The van der Waals surface area contributed by atoms with E-state index in [1.54, 1.807) is 6.92 Å². The van der Waals surface area contributed by atoms with Crippen LogP contribution in [0.5, 0.6) is 0 Å². The smallest absolute Gasteiger partial charge is 0.324 e. The highest BCUT2D eigenvalue weighted by molar-refractivity contribution is 5.78. The van der Waals surface area contributed by atoms with Crippen LogP contribution in [0.15, 0.2) is 0 Å². The minimum atomic E-state index is -0.816. The van der Waals surface area contributed by atoms with Crippen LogP contribution in [0.3, 0.4) is 0 Å². The SMILES string of the molecule is CCCNC(C)(CN1CCCC(C)CC1)C(=O)O. The molecule has 1 aliphatic rings. The molecule has 0 aromatic rings. The summed E-state index contributed by atoms with van der Waals surface area (Å²) in [6, 6.07) is 0. The fraction of sp³-hybridized carbons (Fsp3) is 0.929. The largest absolute Gasteiger partial charge is 0.480 e. The Morgan fingerprint density at radius 1 is 1.44 bits per heavy atom. The Morgan fingerprint density at radius 2 is 2.17 bits per heavy atom. The molecule has 1 aliphatic heterocycles. The number of likely N-dealkylation sites (tertiary alicyclic amines) is 1. The van der Waals surface area contributed by atoms with Crippen LogP contribution in [-0.4, -0.2) is 47.7 Å². The third-order valence-corrected chi connectivity index (χ3v) is 3.89. The number of aliphatic carboxylic acids is 1. The van der Waals surface area contributed by atoms with Gasteiger partial charge in [-0.25, -0.2) is 0 Å². The van der Waals surface area contributed by atoms with Gasteiger partial charge in [-0.3, -0.25) is 4.79 Å². The van der Waals surface area contributed by atoms with E-state index in [4.69, 9.17) is 0 Å². The lowest BCUT2D eigenvalue weighted by Crippen LogP contribution is -2.57. The zero-order chi connectivity index (χ0) is 13.6. The summed E-state index contributed by atoms with van der Waals surface area (Å²) in [6.45, 7) is 9.57. The molecule has 2 unspecified atom stereocenters. The van der Waals surface area contributed by atoms with Crippen LogP contribution in [0, 0.1) is 5.92 Å². The summed E-state index contributed by atoms with van der Waals surface area (Å²) in [4.78, 5) is 13.8. The lowest BCUT2D eigenvalue weighted by molar-refractivity contribution is -0.145. The highest BCUT2D eigenvalue weighted by Gasteiger charge is 2.34. The molecular weight excluding hydrogens is 228 g/mol. The van der Waals surface area contributed by atoms with Crippen LogP contribution < -0.4 is 5.32 Å². The summed E-state index contributed by atoms with van der Waals surface area (Å²) >= 11 is 0. The maximum absolute atomic E-state index is 11.5. The van der Waals surface area contributed by atoms with E-state index in [-0.39, 0.29) is 0 Å². The van der Waals surface area contributed by atoms with Gasteiger partial charge in [0, 0.05) is 6.54 Å². The van der Waals surface area contributed by atoms with Crippen molar-refractivity contribution in [2.45, 2.75) is 52.0 Å². The Hall–Kier alpha value is -0.610. The quantitative estimate of drug-likeness (QED) is 0.762. The molecule has 0 aromatic carbocycles. The maximum Gasteiger partial charge on any atom is 0.324 e. The number of hydrogen-bond donors (Lipinski definition) is 2. The van der Waals surface area contributed by atoms with Crippen molar-refractivity contribution in [3.8, 4) is 0 Å². The molecular formula is C14H28N2O2. The van der Waals surface area contributed by atoms with Crippen molar-refractivity contribution in [3.05, 3.63) is 0 Å². The topological polar surface area (TPSA) is 52.6 Å². The first kappa shape index (κ1) is 15.4. The highest BCUT2D eigenvalue weighted by atomic mass is 16.4. The third-order valence-electron chi connectivity index (χ3n) is 3.89. The van der Waals surface area contributed by atoms with Gasteiger partial charge in [0.15, 0.2) is 0 Å². The third kappa shape index (κ3) is 4.58. The average molecular weight is 256 g/mol. The van der Waals surface area contributed by atoms with Crippen LogP contribution in [0.25, 0.3) is 0 Å². The fourth-order valence-electron chi connectivity index (χ4n) is 2.53. The minimum absolute atomic E-state index is 0.606. The van der Waals surface area contributed by atoms with E-state index in [2.05, 4.69) is 24.1 Å². The Labute approximate surface area is 111 Å². The minimum Gasteiger partial charge on any atom is -0.480 e. The predicted octanol–water partition coefficient (Wildman–Crippen LogP) is 1.95. The summed E-state index contributed by atoms with van der Waals surface area (Å²) in [5, 5.41) is 12.6. The van der Waals surface area contributed by atoms with Gasteiger partial charge >= 0.3 is 5.97 Å². The Kier molecular flexibility index (Phi) is 6.09. The summed E-state index contributed by atoms with van der Waals surface area (Å²) < 4.78 is 0. The second kappa shape index (κ2) is 7.10. The van der Waals surface area contributed by atoms with Crippen molar-refractivity contribution in [2.75, 3.05) is 26.2 Å². The zero-order valence-electron chi connectivity index (χ0n) is 12.0. The zero-order valence-corrected chi connectivity index (χ0v) is 12.0. The number of rotatable bonds is 6. The first-order chi connectivity index (χ1) is 8.48. The van der Waals surface area contributed by atoms with E-state index in [1.165, 1.54) is 19.3 Å². The van der Waals surface area contributed by atoms with Crippen LogP contribution in [0.2, 0.25) is 0 Å². The first-order valence-corrected chi connectivity index (χ1v) is 7.18. The van der Waals surface area contributed by atoms with Gasteiger partial charge in [-0.15, -0.1) is 0 Å². The molecule has 0 bridgehead atoms. The molecule has 0 aliphatic carbocycles. The van der Waals surface area contributed by atoms with Crippen molar-refractivity contribution in [2.24, 2.45) is 5.92 Å². The molecule has 4 heteroatoms. The molecule has 1 fully saturated rings. The number of carbonyl (C=O) groups is 1. The van der Waals surface area contributed by atoms with Crippen LogP contribution in [0.1, 0.15) is 46.5 Å². The van der Waals surface area contributed by atoms with Gasteiger partial charge < -0.3 is 15.3 Å². The van der Waals surface area contributed by atoms with Gasteiger partial charge in [0.05, 0.1) is 0 Å². The maximum atomic E-state index is 11.5. The molecule has 0 spiro atoms. The van der Waals surface area contributed by atoms with E-state index in [1.807, 2.05) is 0 Å². The molecule has 0 aromatic heterocycles. The lowest BCUT2D eigenvalue weighted by atomic mass is 10.0. The highest BCUT2D eigenvalue weighted by Crippen LogP contribution is 2.18. The van der Waals surface area contributed by atoms with Crippen LogP contribution >= 0.6 is 0 Å². The molecule has 106 valence electrons. The number of carboxylic acids is 1. The Morgan fingerprint density at radius 3 is 2.78 bits per heavy atom. The fourth-order valence-corrected chi connectivity index (χ4v) is 2.53. The molecule has 1 rings (SSSR count). The second-order valence-electron chi connectivity index (χ2n) is 5.88. The van der Waals surface area contributed by atoms with Gasteiger partial charge in [-0.05, 0) is 58.2 Å². The molecule has 4 nitrogen and oxygen atoms in total. The molecule has 0 saturated carbocycles. The summed E-state index contributed by atoms with van der Waals surface area (Å²) in [6.07, 6.45) is 4.59. The summed E-state index contributed by atoms with van der Waals surface area (Å²) in [5.74, 6) is 0.0305. The van der Waals surface area contributed by atoms with Crippen molar-refractivity contribution in [1.82, 2.24) is 10.2 Å². The molecule has 0 amide bonds. The van der Waals surface area contributed by atoms with Crippen molar-refractivity contribution >= 4 is 5.97 Å². The van der Waals surface area contributed by atoms with Crippen LogP contribution in [-0.2, 0) is 4.79 Å². The molecule has 1 saturated heterocycles. The van der Waals surface area contributed by atoms with Gasteiger partial charge in [0.25, 0.3) is 0 Å². The van der Waals surface area contributed by atoms with Crippen LogP contribution in [0.4, 0.5) is 0 Å². The van der Waals surface area contributed by atoms with E-state index in [9.17, 15) is 9.90 Å². The van der Waals surface area contributed by atoms with Crippen molar-refractivity contribution in [1.29, 1.82) is 0 Å². The lowest BCUT2D eigenvalue weighted by Gasteiger charge is -2.32. The second-order valence-corrected chi connectivity index (χ2v) is 5.88. The normalized spacial score (nSPS) is 25.4. The molecule has 0 radical (unpaired) electrons. The Balaban J connectivity index is 2.56. The molecule has 2 atom stereocenters. The predicted molar refractivity (Wildman–Crippen MR) is 73.8 cm³/mol. The monoisotopic (exact) mass is 256 g/mol. The molecule has 2 N–H and O–H groups in total. The van der Waals surface area contributed by atoms with Crippen molar-refractivity contribution < 1.29 is 9.90 Å². The first-order valence-electron chi connectivity index (χ1n) is 7.18. The molecule has 1 heterocycles. The van der Waals surface area contributed by atoms with E-state index in [0.717, 1.165) is 32.0 Å². The van der Waals surface area contributed by atoms with E-state index in [0.29, 0.717) is 6.54 Å². The average Bonchev–Trinajstić information content (AvgIpc) is 2.52. The van der Waals surface area contributed by atoms with E-state index >= 15 is 0 Å². The summed E-state index contributed by atoms with van der Waals surface area (Å²) in [5.41, 5.74) is -0.816. The van der Waals surface area contributed by atoms with Crippen molar-refractivity contribution in [3.63, 3.8) is 0 Å². The van der Waals surface area contributed by atoms with Gasteiger partial charge in [-0.2, -0.15) is 0 Å². The van der Waals surface area contributed by atoms with E-state index < -0.39 is 11.5 Å². The Bertz CT molecular complexity index is 271.